The van der Waals surface area contributed by atoms with Gasteiger partial charge in [0.1, 0.15) is 5.82 Å². The summed E-state index contributed by atoms with van der Waals surface area (Å²) in [5.74, 6) is 0.635. The van der Waals surface area contributed by atoms with Crippen LogP contribution in [0.1, 0.15) is 6.42 Å². The summed E-state index contributed by atoms with van der Waals surface area (Å²) in [5, 5.41) is 21.4. The number of fused-ring (bicyclic) bond motifs is 1. The average Bonchev–Trinajstić information content (AvgIpc) is 3.27. The third-order valence-corrected chi connectivity index (χ3v) is 5.41. The predicted molar refractivity (Wildman–Crippen MR) is 97.7 cm³/mol. The van der Waals surface area contributed by atoms with Gasteiger partial charge >= 0.3 is 0 Å². The largest absolute Gasteiger partial charge is 0.394 e. The molecule has 8 heteroatoms. The highest BCUT2D eigenvalue weighted by Gasteiger charge is 2.33. The van der Waals surface area contributed by atoms with E-state index >= 15 is 0 Å². The van der Waals surface area contributed by atoms with Crippen LogP contribution in [0.5, 0.6) is 0 Å². The molecule has 2 N–H and O–H groups in total. The Morgan fingerprint density at radius 2 is 2.12 bits per heavy atom. The van der Waals surface area contributed by atoms with E-state index in [1.165, 1.54) is 0 Å². The van der Waals surface area contributed by atoms with Crippen molar-refractivity contribution in [1.82, 2.24) is 14.5 Å². The molecule has 1 aliphatic rings. The highest BCUT2D eigenvalue weighted by Crippen LogP contribution is 2.36. The Bertz CT molecular complexity index is 917. The molecule has 130 valence electrons. The molecule has 6 nitrogen and oxygen atoms in total. The third-order valence-electron chi connectivity index (χ3n) is 4.61. The fourth-order valence-electron chi connectivity index (χ4n) is 3.31. The highest BCUT2D eigenvalue weighted by molar-refractivity contribution is 6.45. The molecule has 25 heavy (non-hydrogen) atoms. The first-order valence-corrected chi connectivity index (χ1v) is 8.68. The molecule has 4 rings (SSSR count). The van der Waals surface area contributed by atoms with Gasteiger partial charge in [0.2, 0.25) is 0 Å². The lowest BCUT2D eigenvalue weighted by Gasteiger charge is -2.26. The first-order valence-electron chi connectivity index (χ1n) is 7.93. The summed E-state index contributed by atoms with van der Waals surface area (Å²) in [6, 6.07) is 5.13. The second-order valence-corrected chi connectivity index (χ2v) is 6.81. The van der Waals surface area contributed by atoms with Crippen LogP contribution in [0.15, 0.2) is 36.9 Å². The number of aliphatic hydroxyl groups is 2. The minimum Gasteiger partial charge on any atom is -0.394 e. The zero-order valence-electron chi connectivity index (χ0n) is 13.2. The molecule has 0 spiro atoms. The number of pyridine rings is 1. The molecule has 0 saturated carbocycles. The number of rotatable bonds is 3. The lowest BCUT2D eigenvalue weighted by molar-refractivity contribution is 0.128. The van der Waals surface area contributed by atoms with Crippen molar-refractivity contribution in [2.45, 2.75) is 18.6 Å². The van der Waals surface area contributed by atoms with Gasteiger partial charge in [-0.05, 0) is 18.6 Å². The number of hydrogen-bond donors (Lipinski definition) is 2. The van der Waals surface area contributed by atoms with Crippen molar-refractivity contribution in [1.29, 1.82) is 0 Å². The minimum atomic E-state index is -0.589. The monoisotopic (exact) mass is 378 g/mol. The van der Waals surface area contributed by atoms with E-state index in [1.54, 1.807) is 18.6 Å². The Kier molecular flexibility index (Phi) is 4.29. The molecule has 1 fully saturated rings. The van der Waals surface area contributed by atoms with Crippen LogP contribution in [-0.2, 0) is 0 Å². The van der Waals surface area contributed by atoms with Gasteiger partial charge in [-0.1, -0.05) is 23.2 Å². The molecule has 1 saturated heterocycles. The van der Waals surface area contributed by atoms with Gasteiger partial charge in [-0.2, -0.15) is 0 Å². The van der Waals surface area contributed by atoms with Gasteiger partial charge in [-0.3, -0.25) is 0 Å². The molecule has 2 atom stereocenters. The second kappa shape index (κ2) is 6.46. The maximum absolute atomic E-state index is 10.1. The predicted octanol–water partition coefficient (Wildman–Crippen LogP) is 2.66. The first-order chi connectivity index (χ1) is 12.1. The van der Waals surface area contributed by atoms with Gasteiger partial charge in [0.15, 0.2) is 0 Å². The fourth-order valence-corrected chi connectivity index (χ4v) is 3.67. The van der Waals surface area contributed by atoms with Crippen molar-refractivity contribution in [2.24, 2.45) is 0 Å². The average molecular weight is 379 g/mol. The standard InChI is InChI=1S/C17H16Cl2N4O2/c18-11-2-1-10-12(22-6-4-20-9-22)7-15(21-17(10)16(11)19)23-5-3-14(25)13(23)8-24/h1-2,4,6-7,9,13-14,24-25H,3,5,8H2/t13-,14+/m1/s1. The molecule has 1 aromatic carbocycles. The van der Waals surface area contributed by atoms with Crippen LogP contribution in [0.25, 0.3) is 16.6 Å². The number of benzene rings is 1. The van der Waals surface area contributed by atoms with E-state index in [9.17, 15) is 10.2 Å². The molecular formula is C17H16Cl2N4O2. The molecule has 3 aromatic rings. The smallest absolute Gasteiger partial charge is 0.131 e. The van der Waals surface area contributed by atoms with Crippen molar-refractivity contribution >= 4 is 39.9 Å². The van der Waals surface area contributed by atoms with Crippen molar-refractivity contribution in [2.75, 3.05) is 18.1 Å². The first kappa shape index (κ1) is 16.6. The SMILES string of the molecule is OC[C@@H]1[C@@H](O)CCN1c1cc(-n2ccnc2)c2ccc(Cl)c(Cl)c2n1. The zero-order valence-corrected chi connectivity index (χ0v) is 14.7. The quantitative estimate of drug-likeness (QED) is 0.732. The van der Waals surface area contributed by atoms with Crippen molar-refractivity contribution < 1.29 is 10.2 Å². The maximum Gasteiger partial charge on any atom is 0.131 e. The van der Waals surface area contributed by atoms with E-state index in [1.807, 2.05) is 27.8 Å². The zero-order chi connectivity index (χ0) is 17.6. The molecule has 0 radical (unpaired) electrons. The highest BCUT2D eigenvalue weighted by atomic mass is 35.5. The molecule has 0 unspecified atom stereocenters. The summed E-state index contributed by atoms with van der Waals surface area (Å²) >= 11 is 12.6. The van der Waals surface area contributed by atoms with Crippen LogP contribution in [-0.4, -0.2) is 50.0 Å². The van der Waals surface area contributed by atoms with Gasteiger partial charge in [-0.25, -0.2) is 9.97 Å². The van der Waals surface area contributed by atoms with Gasteiger partial charge in [-0.15, -0.1) is 0 Å². The summed E-state index contributed by atoms with van der Waals surface area (Å²) in [7, 11) is 0. The Morgan fingerprint density at radius 1 is 1.28 bits per heavy atom. The van der Waals surface area contributed by atoms with Crippen molar-refractivity contribution in [3.05, 3.63) is 47.0 Å². The van der Waals surface area contributed by atoms with E-state index in [-0.39, 0.29) is 6.61 Å². The Balaban J connectivity index is 1.96. The van der Waals surface area contributed by atoms with Crippen LogP contribution in [0.4, 0.5) is 5.82 Å². The number of halogens is 2. The van der Waals surface area contributed by atoms with Gasteiger partial charge in [0.05, 0.1) is 46.3 Å². The van der Waals surface area contributed by atoms with Crippen LogP contribution in [0.3, 0.4) is 0 Å². The summed E-state index contributed by atoms with van der Waals surface area (Å²) in [6.07, 6.45) is 5.22. The Morgan fingerprint density at radius 3 is 2.84 bits per heavy atom. The van der Waals surface area contributed by atoms with E-state index in [4.69, 9.17) is 23.2 Å². The molecule has 2 aromatic heterocycles. The third kappa shape index (κ3) is 2.75. The van der Waals surface area contributed by atoms with E-state index in [0.717, 1.165) is 11.1 Å². The fraction of sp³-hybridized carbons (Fsp3) is 0.294. The molecule has 3 heterocycles. The lowest BCUT2D eigenvalue weighted by atomic mass is 10.1. The van der Waals surface area contributed by atoms with Crippen LogP contribution in [0.2, 0.25) is 10.0 Å². The van der Waals surface area contributed by atoms with Crippen molar-refractivity contribution in [3.63, 3.8) is 0 Å². The topological polar surface area (TPSA) is 74.4 Å². The van der Waals surface area contributed by atoms with Crippen LogP contribution in [0, 0.1) is 0 Å². The number of anilines is 1. The normalized spacial score (nSPS) is 20.6. The van der Waals surface area contributed by atoms with E-state index < -0.39 is 12.1 Å². The van der Waals surface area contributed by atoms with Gasteiger partial charge < -0.3 is 19.7 Å². The Labute approximate surface area is 154 Å². The molecule has 0 amide bonds. The summed E-state index contributed by atoms with van der Waals surface area (Å²) in [6.45, 7) is 0.455. The van der Waals surface area contributed by atoms with Gasteiger partial charge in [0, 0.05) is 30.4 Å². The lowest BCUT2D eigenvalue weighted by Crippen LogP contribution is -2.38. The maximum atomic E-state index is 10.1. The molecule has 1 aliphatic heterocycles. The molecular weight excluding hydrogens is 363 g/mol. The minimum absolute atomic E-state index is 0.148. The summed E-state index contributed by atoms with van der Waals surface area (Å²) in [4.78, 5) is 10.7. The number of hydrogen-bond acceptors (Lipinski definition) is 5. The van der Waals surface area contributed by atoms with E-state index in [0.29, 0.717) is 34.3 Å². The van der Waals surface area contributed by atoms with Crippen LogP contribution < -0.4 is 4.90 Å². The number of nitrogens with zero attached hydrogens (tertiary/aromatic N) is 4. The summed E-state index contributed by atoms with van der Waals surface area (Å²) in [5.41, 5.74) is 1.43. The van der Waals surface area contributed by atoms with Crippen LogP contribution >= 0.6 is 23.2 Å². The van der Waals surface area contributed by atoms with Crippen molar-refractivity contribution in [3.8, 4) is 5.69 Å². The number of imidazole rings is 1. The second-order valence-electron chi connectivity index (χ2n) is 6.03. The molecule has 0 aliphatic carbocycles. The van der Waals surface area contributed by atoms with Gasteiger partial charge in [0.25, 0.3) is 0 Å². The molecule has 0 bridgehead atoms. The van der Waals surface area contributed by atoms with E-state index in [2.05, 4.69) is 9.97 Å². The summed E-state index contributed by atoms with van der Waals surface area (Å²) < 4.78 is 1.87. The Hall–Kier alpha value is -1.86. The number of aromatic nitrogens is 3. The number of aliphatic hydroxyl groups excluding tert-OH is 2.